The molecule has 2 aliphatic heterocycles. The number of hydrogen-bond acceptors (Lipinski definition) is 4. The SMILES string of the molecule is CCc1c(C)nc2c(c1-c1ccc3c(c1C)NCCO3)CCN2Cc1cccc(F)c1F. The predicted octanol–water partition coefficient (Wildman–Crippen LogP) is 5.57. The first-order chi connectivity index (χ1) is 15.5. The maximum Gasteiger partial charge on any atom is 0.163 e. The van der Waals surface area contributed by atoms with Gasteiger partial charge in [0.1, 0.15) is 18.2 Å². The molecular formula is C26H27F2N3O. The van der Waals surface area contributed by atoms with Gasteiger partial charge >= 0.3 is 0 Å². The molecule has 3 heterocycles. The van der Waals surface area contributed by atoms with Crippen LogP contribution in [-0.4, -0.2) is 24.7 Å². The standard InChI is InChI=1S/C26H27F2N3O/c1-4-18-16(3)30-26-20(10-12-31(26)14-17-6-5-7-21(27)24(17)28)23(18)19-8-9-22-25(15(19)2)29-11-13-32-22/h5-9,29H,4,10-14H2,1-3H3. The largest absolute Gasteiger partial charge is 0.490 e. The fraction of sp³-hybridized carbons (Fsp3) is 0.346. The van der Waals surface area contributed by atoms with Gasteiger partial charge in [0.25, 0.3) is 0 Å². The molecule has 6 heteroatoms. The molecule has 0 aliphatic carbocycles. The molecule has 5 rings (SSSR count). The average molecular weight is 436 g/mol. The van der Waals surface area contributed by atoms with Crippen molar-refractivity contribution < 1.29 is 13.5 Å². The summed E-state index contributed by atoms with van der Waals surface area (Å²) < 4.78 is 33.9. The second-order valence-corrected chi connectivity index (χ2v) is 8.48. The summed E-state index contributed by atoms with van der Waals surface area (Å²) in [5.74, 6) is 0.174. The van der Waals surface area contributed by atoms with Crippen molar-refractivity contribution in [1.82, 2.24) is 4.98 Å². The van der Waals surface area contributed by atoms with Crippen molar-refractivity contribution in [3.05, 3.63) is 69.9 Å². The van der Waals surface area contributed by atoms with Crippen LogP contribution in [0.25, 0.3) is 11.1 Å². The third kappa shape index (κ3) is 3.29. The van der Waals surface area contributed by atoms with Crippen LogP contribution in [0.2, 0.25) is 0 Å². The Morgan fingerprint density at radius 3 is 2.81 bits per heavy atom. The Hall–Kier alpha value is -3.15. The molecule has 0 amide bonds. The smallest absolute Gasteiger partial charge is 0.163 e. The van der Waals surface area contributed by atoms with Gasteiger partial charge in [-0.2, -0.15) is 0 Å². The molecule has 1 N–H and O–H groups in total. The zero-order chi connectivity index (χ0) is 22.4. The number of pyridine rings is 1. The minimum absolute atomic E-state index is 0.298. The number of anilines is 2. The lowest BCUT2D eigenvalue weighted by molar-refractivity contribution is 0.323. The minimum atomic E-state index is -0.813. The molecule has 0 spiro atoms. The van der Waals surface area contributed by atoms with Crippen LogP contribution >= 0.6 is 0 Å². The molecule has 2 aromatic carbocycles. The van der Waals surface area contributed by atoms with Gasteiger partial charge in [0.05, 0.1) is 5.69 Å². The second kappa shape index (κ2) is 8.08. The molecule has 1 aromatic heterocycles. The van der Waals surface area contributed by atoms with E-state index >= 15 is 0 Å². The molecule has 0 saturated heterocycles. The van der Waals surface area contributed by atoms with E-state index in [1.807, 2.05) is 13.0 Å². The molecule has 2 aliphatic rings. The number of nitrogens with zero attached hydrogens (tertiary/aromatic N) is 2. The summed E-state index contributed by atoms with van der Waals surface area (Å²) in [6, 6.07) is 8.54. The Kier molecular flexibility index (Phi) is 5.24. The Bertz CT molecular complexity index is 1210. The van der Waals surface area contributed by atoms with Crippen molar-refractivity contribution in [2.24, 2.45) is 0 Å². The van der Waals surface area contributed by atoms with Gasteiger partial charge in [0.2, 0.25) is 0 Å². The summed E-state index contributed by atoms with van der Waals surface area (Å²) >= 11 is 0. The van der Waals surface area contributed by atoms with Crippen LogP contribution < -0.4 is 15.0 Å². The van der Waals surface area contributed by atoms with Gasteiger partial charge in [-0.3, -0.25) is 0 Å². The highest BCUT2D eigenvalue weighted by Crippen LogP contribution is 2.44. The van der Waals surface area contributed by atoms with Crippen molar-refractivity contribution in [2.45, 2.75) is 40.2 Å². The second-order valence-electron chi connectivity index (χ2n) is 8.48. The van der Waals surface area contributed by atoms with Crippen LogP contribution in [0.5, 0.6) is 5.75 Å². The quantitative estimate of drug-likeness (QED) is 0.581. The first kappa shape index (κ1) is 20.7. The van der Waals surface area contributed by atoms with Crippen LogP contribution in [0.4, 0.5) is 20.3 Å². The molecule has 32 heavy (non-hydrogen) atoms. The van der Waals surface area contributed by atoms with Crippen LogP contribution in [0, 0.1) is 25.5 Å². The number of nitrogens with one attached hydrogen (secondary N) is 1. The highest BCUT2D eigenvalue weighted by atomic mass is 19.2. The van der Waals surface area contributed by atoms with Crippen molar-refractivity contribution in [1.29, 1.82) is 0 Å². The number of halogens is 2. The number of hydrogen-bond donors (Lipinski definition) is 1. The van der Waals surface area contributed by atoms with Gasteiger partial charge in [-0.05, 0) is 61.1 Å². The molecule has 0 fully saturated rings. The van der Waals surface area contributed by atoms with E-state index in [4.69, 9.17) is 9.72 Å². The van der Waals surface area contributed by atoms with Gasteiger partial charge in [-0.25, -0.2) is 13.8 Å². The van der Waals surface area contributed by atoms with Crippen molar-refractivity contribution in [2.75, 3.05) is 29.9 Å². The van der Waals surface area contributed by atoms with Gasteiger partial charge in [0, 0.05) is 36.5 Å². The van der Waals surface area contributed by atoms with Crippen LogP contribution in [0.15, 0.2) is 30.3 Å². The summed E-state index contributed by atoms with van der Waals surface area (Å²) in [7, 11) is 0. The number of ether oxygens (including phenoxy) is 1. The lowest BCUT2D eigenvalue weighted by Gasteiger charge is -2.25. The number of aryl methyl sites for hydroxylation is 1. The Balaban J connectivity index is 1.63. The maximum atomic E-state index is 14.3. The number of fused-ring (bicyclic) bond motifs is 2. The summed E-state index contributed by atoms with van der Waals surface area (Å²) in [4.78, 5) is 6.99. The molecule has 166 valence electrons. The van der Waals surface area contributed by atoms with E-state index in [1.165, 1.54) is 27.8 Å². The van der Waals surface area contributed by atoms with E-state index in [1.54, 1.807) is 12.1 Å². The minimum Gasteiger partial charge on any atom is -0.490 e. The Labute approximate surface area is 187 Å². The zero-order valence-electron chi connectivity index (χ0n) is 18.7. The van der Waals surface area contributed by atoms with Crippen LogP contribution in [-0.2, 0) is 19.4 Å². The van der Waals surface area contributed by atoms with E-state index in [-0.39, 0.29) is 0 Å². The van der Waals surface area contributed by atoms with Crippen molar-refractivity contribution >= 4 is 11.5 Å². The maximum absolute atomic E-state index is 14.3. The van der Waals surface area contributed by atoms with E-state index in [9.17, 15) is 8.78 Å². The highest BCUT2D eigenvalue weighted by Gasteiger charge is 2.29. The predicted molar refractivity (Wildman–Crippen MR) is 124 cm³/mol. The van der Waals surface area contributed by atoms with Gasteiger partial charge in [-0.15, -0.1) is 0 Å². The van der Waals surface area contributed by atoms with E-state index in [0.717, 1.165) is 54.9 Å². The molecule has 0 saturated carbocycles. The van der Waals surface area contributed by atoms with Gasteiger partial charge < -0.3 is 15.0 Å². The van der Waals surface area contributed by atoms with Crippen LogP contribution in [0.1, 0.15) is 34.9 Å². The molecule has 4 nitrogen and oxygen atoms in total. The van der Waals surface area contributed by atoms with E-state index in [0.29, 0.717) is 18.7 Å². The topological polar surface area (TPSA) is 37.4 Å². The summed E-state index contributed by atoms with van der Waals surface area (Å²) in [5, 5.41) is 3.49. The molecular weight excluding hydrogens is 408 g/mol. The summed E-state index contributed by atoms with van der Waals surface area (Å²) in [6.45, 7) is 8.81. The zero-order valence-corrected chi connectivity index (χ0v) is 18.7. The van der Waals surface area contributed by atoms with Crippen molar-refractivity contribution in [3.63, 3.8) is 0 Å². The molecule has 0 atom stereocenters. The molecule has 0 radical (unpaired) electrons. The Morgan fingerprint density at radius 2 is 2.00 bits per heavy atom. The number of benzene rings is 2. The van der Waals surface area contributed by atoms with Gasteiger partial charge in [0.15, 0.2) is 11.6 Å². The van der Waals surface area contributed by atoms with Gasteiger partial charge in [-0.1, -0.05) is 25.1 Å². The highest BCUT2D eigenvalue weighted by molar-refractivity contribution is 5.85. The third-order valence-electron chi connectivity index (χ3n) is 6.62. The number of aromatic nitrogens is 1. The first-order valence-electron chi connectivity index (χ1n) is 11.2. The molecule has 0 unspecified atom stereocenters. The summed E-state index contributed by atoms with van der Waals surface area (Å²) in [5.41, 5.74) is 8.38. The lowest BCUT2D eigenvalue weighted by atomic mass is 9.89. The molecule has 0 bridgehead atoms. The van der Waals surface area contributed by atoms with Crippen LogP contribution in [0.3, 0.4) is 0 Å². The fourth-order valence-electron chi connectivity index (χ4n) is 5.04. The fourth-order valence-corrected chi connectivity index (χ4v) is 5.04. The monoisotopic (exact) mass is 435 g/mol. The van der Waals surface area contributed by atoms with E-state index < -0.39 is 11.6 Å². The lowest BCUT2D eigenvalue weighted by Crippen LogP contribution is -2.22. The number of rotatable bonds is 4. The normalized spacial score (nSPS) is 14.6. The third-order valence-corrected chi connectivity index (χ3v) is 6.62. The summed E-state index contributed by atoms with van der Waals surface area (Å²) in [6.07, 6.45) is 1.70. The van der Waals surface area contributed by atoms with Crippen molar-refractivity contribution in [3.8, 4) is 16.9 Å². The Morgan fingerprint density at radius 1 is 1.16 bits per heavy atom. The van der Waals surface area contributed by atoms with E-state index in [2.05, 4.69) is 30.1 Å². The average Bonchev–Trinajstić information content (AvgIpc) is 3.18. The first-order valence-corrected chi connectivity index (χ1v) is 11.2. The molecule has 3 aromatic rings.